The quantitative estimate of drug-likeness (QED) is 0.899. The van der Waals surface area contributed by atoms with Crippen molar-refractivity contribution in [3.05, 3.63) is 23.2 Å². The lowest BCUT2D eigenvalue weighted by atomic mass is 10.00. The summed E-state index contributed by atoms with van der Waals surface area (Å²) in [6, 6.07) is 0.160. The molecule has 0 radical (unpaired) electrons. The second-order valence-corrected chi connectivity index (χ2v) is 6.20. The van der Waals surface area contributed by atoms with Crippen molar-refractivity contribution in [2.24, 2.45) is 5.92 Å². The minimum absolute atomic E-state index is 0.160. The van der Waals surface area contributed by atoms with E-state index in [-0.39, 0.29) is 11.9 Å². The Hall–Kier alpha value is -2.25. The summed E-state index contributed by atoms with van der Waals surface area (Å²) in [6.07, 6.45) is 4.88. The van der Waals surface area contributed by atoms with Crippen LogP contribution in [0.2, 0.25) is 0 Å². The first-order chi connectivity index (χ1) is 11.0. The maximum Gasteiger partial charge on any atom is 0.273 e. The van der Waals surface area contributed by atoms with E-state index in [4.69, 9.17) is 4.42 Å². The van der Waals surface area contributed by atoms with Crippen molar-refractivity contribution in [1.82, 2.24) is 30.5 Å². The van der Waals surface area contributed by atoms with E-state index in [2.05, 4.69) is 32.7 Å². The van der Waals surface area contributed by atoms with Crippen molar-refractivity contribution < 1.29 is 9.21 Å². The van der Waals surface area contributed by atoms with Gasteiger partial charge in [0.25, 0.3) is 5.91 Å². The van der Waals surface area contributed by atoms with Crippen LogP contribution in [0.3, 0.4) is 0 Å². The van der Waals surface area contributed by atoms with E-state index in [9.17, 15) is 4.79 Å². The minimum atomic E-state index is -0.171. The summed E-state index contributed by atoms with van der Waals surface area (Å²) in [5.41, 5.74) is 1.04. The molecule has 2 aromatic heterocycles. The average Bonchev–Trinajstić information content (AvgIpc) is 3.22. The van der Waals surface area contributed by atoms with E-state index in [0.29, 0.717) is 35.6 Å². The summed E-state index contributed by atoms with van der Waals surface area (Å²) in [7, 11) is 0. The number of hydrogen-bond acceptors (Lipinski definition) is 6. The van der Waals surface area contributed by atoms with Gasteiger partial charge in [-0.25, -0.2) is 4.68 Å². The van der Waals surface area contributed by atoms with Gasteiger partial charge in [-0.3, -0.25) is 4.79 Å². The summed E-state index contributed by atoms with van der Waals surface area (Å²) in [5, 5.41) is 18.8. The Labute approximate surface area is 134 Å². The molecular weight excluding hydrogens is 296 g/mol. The molecule has 1 atom stereocenters. The Balaban J connectivity index is 1.66. The van der Waals surface area contributed by atoms with Crippen LogP contribution in [0.25, 0.3) is 0 Å². The van der Waals surface area contributed by atoms with E-state index in [1.54, 1.807) is 11.6 Å². The predicted molar refractivity (Wildman–Crippen MR) is 81.8 cm³/mol. The highest BCUT2D eigenvalue weighted by molar-refractivity contribution is 5.93. The number of amides is 1. The molecular formula is C15H22N6O2. The SMILES string of the molecule is Cc1nnc(Cn2nnc(C(=O)N[C@@H](C)C3CCCC3)c2C)o1. The van der Waals surface area contributed by atoms with Crippen LogP contribution < -0.4 is 5.32 Å². The van der Waals surface area contributed by atoms with Gasteiger partial charge in [-0.2, -0.15) is 0 Å². The molecule has 1 fully saturated rings. The zero-order valence-electron chi connectivity index (χ0n) is 13.7. The molecule has 0 unspecified atom stereocenters. The minimum Gasteiger partial charge on any atom is -0.424 e. The summed E-state index contributed by atoms with van der Waals surface area (Å²) < 4.78 is 6.93. The largest absolute Gasteiger partial charge is 0.424 e. The smallest absolute Gasteiger partial charge is 0.273 e. The molecule has 23 heavy (non-hydrogen) atoms. The first-order valence-electron chi connectivity index (χ1n) is 8.04. The Bertz CT molecular complexity index is 686. The Morgan fingerprint density at radius 1 is 1.30 bits per heavy atom. The molecule has 124 valence electrons. The maximum absolute atomic E-state index is 12.4. The maximum atomic E-state index is 12.4. The Kier molecular flexibility index (Phi) is 4.40. The van der Waals surface area contributed by atoms with E-state index in [1.807, 2.05) is 6.92 Å². The van der Waals surface area contributed by atoms with Crippen LogP contribution in [0.1, 0.15) is 60.6 Å². The highest BCUT2D eigenvalue weighted by Gasteiger charge is 2.25. The van der Waals surface area contributed by atoms with Crippen LogP contribution in [-0.4, -0.2) is 37.1 Å². The predicted octanol–water partition coefficient (Wildman–Crippen LogP) is 1.63. The molecule has 2 heterocycles. The summed E-state index contributed by atoms with van der Waals surface area (Å²) in [4.78, 5) is 12.4. The van der Waals surface area contributed by atoms with Crippen LogP contribution >= 0.6 is 0 Å². The average molecular weight is 318 g/mol. The van der Waals surface area contributed by atoms with Gasteiger partial charge >= 0.3 is 0 Å². The van der Waals surface area contributed by atoms with Gasteiger partial charge in [-0.15, -0.1) is 15.3 Å². The van der Waals surface area contributed by atoms with Crippen molar-refractivity contribution in [2.75, 3.05) is 0 Å². The summed E-state index contributed by atoms with van der Waals surface area (Å²) in [6.45, 7) is 5.92. The number of aryl methyl sites for hydroxylation is 1. The zero-order valence-corrected chi connectivity index (χ0v) is 13.7. The number of carbonyl (C=O) groups is 1. The molecule has 0 spiro atoms. The van der Waals surface area contributed by atoms with E-state index >= 15 is 0 Å². The van der Waals surface area contributed by atoms with Gasteiger partial charge in [0.05, 0.1) is 5.69 Å². The molecule has 2 aromatic rings. The fraction of sp³-hybridized carbons (Fsp3) is 0.667. The van der Waals surface area contributed by atoms with E-state index < -0.39 is 0 Å². The summed E-state index contributed by atoms with van der Waals surface area (Å²) in [5.74, 6) is 1.34. The fourth-order valence-electron chi connectivity index (χ4n) is 3.10. The van der Waals surface area contributed by atoms with E-state index in [1.165, 1.54) is 25.7 Å². The second-order valence-electron chi connectivity index (χ2n) is 6.20. The molecule has 8 nitrogen and oxygen atoms in total. The lowest BCUT2D eigenvalue weighted by Gasteiger charge is -2.19. The molecule has 1 N–H and O–H groups in total. The van der Waals surface area contributed by atoms with Crippen LogP contribution in [-0.2, 0) is 6.54 Å². The number of rotatable bonds is 5. The Morgan fingerprint density at radius 2 is 2.04 bits per heavy atom. The van der Waals surface area contributed by atoms with Crippen LogP contribution in [0, 0.1) is 19.8 Å². The number of aromatic nitrogens is 5. The highest BCUT2D eigenvalue weighted by Crippen LogP contribution is 2.27. The molecule has 0 saturated heterocycles. The molecule has 1 aliphatic rings. The van der Waals surface area contributed by atoms with Gasteiger partial charge in [-0.1, -0.05) is 18.1 Å². The number of nitrogens with zero attached hydrogens (tertiary/aromatic N) is 5. The molecule has 0 bridgehead atoms. The van der Waals surface area contributed by atoms with Gasteiger partial charge in [0.1, 0.15) is 6.54 Å². The lowest BCUT2D eigenvalue weighted by molar-refractivity contribution is 0.0921. The van der Waals surface area contributed by atoms with Gasteiger partial charge in [-0.05, 0) is 32.6 Å². The molecule has 1 aliphatic carbocycles. The summed E-state index contributed by atoms with van der Waals surface area (Å²) >= 11 is 0. The number of hydrogen-bond donors (Lipinski definition) is 1. The third kappa shape index (κ3) is 3.40. The van der Waals surface area contributed by atoms with Crippen molar-refractivity contribution in [1.29, 1.82) is 0 Å². The first kappa shape index (κ1) is 15.6. The highest BCUT2D eigenvalue weighted by atomic mass is 16.4. The first-order valence-corrected chi connectivity index (χ1v) is 8.04. The monoisotopic (exact) mass is 318 g/mol. The fourth-order valence-corrected chi connectivity index (χ4v) is 3.10. The molecule has 0 aliphatic heterocycles. The van der Waals surface area contributed by atoms with Gasteiger partial charge in [0.15, 0.2) is 5.69 Å². The van der Waals surface area contributed by atoms with Crippen LogP contribution in [0.15, 0.2) is 4.42 Å². The topological polar surface area (TPSA) is 98.7 Å². The Morgan fingerprint density at radius 3 is 2.70 bits per heavy atom. The number of carbonyl (C=O) groups excluding carboxylic acids is 1. The third-order valence-electron chi connectivity index (χ3n) is 4.52. The normalized spacial score (nSPS) is 16.7. The standard InChI is InChI=1S/C15H22N6O2/c1-9(12-6-4-5-7-12)16-15(22)14-10(2)21(20-19-14)8-13-18-17-11(3)23-13/h9,12H,4-8H2,1-3H3,(H,16,22)/t9-/m0/s1. The molecule has 0 aromatic carbocycles. The van der Waals surface area contributed by atoms with Crippen LogP contribution in [0.5, 0.6) is 0 Å². The van der Waals surface area contributed by atoms with Gasteiger partial charge in [0.2, 0.25) is 11.8 Å². The lowest BCUT2D eigenvalue weighted by Crippen LogP contribution is -2.37. The van der Waals surface area contributed by atoms with Crippen LogP contribution in [0.4, 0.5) is 0 Å². The van der Waals surface area contributed by atoms with Gasteiger partial charge < -0.3 is 9.73 Å². The van der Waals surface area contributed by atoms with Crippen molar-refractivity contribution in [3.63, 3.8) is 0 Å². The van der Waals surface area contributed by atoms with Gasteiger partial charge in [0, 0.05) is 13.0 Å². The number of nitrogens with one attached hydrogen (secondary N) is 1. The van der Waals surface area contributed by atoms with E-state index in [0.717, 1.165) is 0 Å². The molecule has 3 rings (SSSR count). The third-order valence-corrected chi connectivity index (χ3v) is 4.52. The molecule has 1 amide bonds. The second kappa shape index (κ2) is 6.47. The van der Waals surface area contributed by atoms with Crippen molar-refractivity contribution in [3.8, 4) is 0 Å². The zero-order chi connectivity index (χ0) is 16.4. The van der Waals surface area contributed by atoms with Crippen molar-refractivity contribution >= 4 is 5.91 Å². The molecule has 1 saturated carbocycles. The molecule has 8 heteroatoms. The van der Waals surface area contributed by atoms with Crippen molar-refractivity contribution in [2.45, 2.75) is 59.0 Å².